The molecule has 0 fully saturated rings. The lowest BCUT2D eigenvalue weighted by Gasteiger charge is -2.15. The third-order valence-electron chi connectivity index (χ3n) is 2.35. The van der Waals surface area contributed by atoms with E-state index in [9.17, 15) is 0 Å². The number of rotatable bonds is 3. The summed E-state index contributed by atoms with van der Waals surface area (Å²) >= 11 is 11.2. The van der Waals surface area contributed by atoms with Crippen molar-refractivity contribution in [2.75, 3.05) is 7.05 Å². The number of benzene rings is 1. The summed E-state index contributed by atoms with van der Waals surface area (Å²) in [7, 11) is 1.96. The molecule has 1 aromatic heterocycles. The zero-order chi connectivity index (χ0) is 11.5. The van der Waals surface area contributed by atoms with Crippen LogP contribution in [0.4, 0.5) is 0 Å². The molecule has 1 nitrogen and oxygen atoms in total. The van der Waals surface area contributed by atoms with E-state index >= 15 is 0 Å². The normalized spacial score (nSPS) is 12.7. The zero-order valence-corrected chi connectivity index (χ0v) is 11.9. The molecule has 0 bridgehead atoms. The van der Waals surface area contributed by atoms with Gasteiger partial charge in [-0.1, -0.05) is 23.7 Å². The van der Waals surface area contributed by atoms with E-state index in [0.717, 1.165) is 8.81 Å². The molecule has 1 aromatic carbocycles. The van der Waals surface area contributed by atoms with E-state index < -0.39 is 0 Å². The van der Waals surface area contributed by atoms with Gasteiger partial charge in [0.25, 0.3) is 0 Å². The number of hydrogen-bond acceptors (Lipinski definition) is 2. The number of nitrogens with one attached hydrogen (secondary N) is 1. The average Bonchev–Trinajstić information content (AvgIpc) is 2.66. The van der Waals surface area contributed by atoms with Gasteiger partial charge in [-0.05, 0) is 52.8 Å². The first-order valence-corrected chi connectivity index (χ1v) is 6.87. The van der Waals surface area contributed by atoms with Gasteiger partial charge in [0.2, 0.25) is 0 Å². The predicted molar refractivity (Wildman–Crippen MR) is 74.4 cm³/mol. The van der Waals surface area contributed by atoms with Crippen molar-refractivity contribution in [2.45, 2.75) is 6.04 Å². The minimum atomic E-state index is 0.204. The van der Waals surface area contributed by atoms with Crippen molar-refractivity contribution in [1.29, 1.82) is 0 Å². The third-order valence-corrected chi connectivity index (χ3v) is 4.27. The lowest BCUT2D eigenvalue weighted by atomic mass is 10.1. The molecule has 1 atom stereocenters. The van der Waals surface area contributed by atoms with Gasteiger partial charge in [0.05, 0.1) is 9.83 Å². The highest BCUT2D eigenvalue weighted by Gasteiger charge is 2.13. The molecule has 4 heteroatoms. The molecule has 84 valence electrons. The Morgan fingerprint density at radius 3 is 2.69 bits per heavy atom. The summed E-state index contributed by atoms with van der Waals surface area (Å²) in [4.78, 5) is 1.27. The monoisotopic (exact) mass is 315 g/mol. The van der Waals surface area contributed by atoms with Gasteiger partial charge in [-0.15, -0.1) is 11.3 Å². The summed E-state index contributed by atoms with van der Waals surface area (Å²) in [5, 5.41) is 4.08. The van der Waals surface area contributed by atoms with Gasteiger partial charge in [0.15, 0.2) is 0 Å². The Bertz CT molecular complexity index is 483. The van der Waals surface area contributed by atoms with E-state index in [4.69, 9.17) is 11.6 Å². The quantitative estimate of drug-likeness (QED) is 0.881. The SMILES string of the molecule is CNC(c1cccc(Cl)c1)c1ccc(Br)s1. The molecule has 1 unspecified atom stereocenters. The maximum atomic E-state index is 6.00. The summed E-state index contributed by atoms with van der Waals surface area (Å²) in [6, 6.07) is 12.3. The van der Waals surface area contributed by atoms with Crippen molar-refractivity contribution in [3.63, 3.8) is 0 Å². The number of halogens is 2. The van der Waals surface area contributed by atoms with E-state index in [1.165, 1.54) is 10.4 Å². The molecule has 0 aliphatic rings. The minimum absolute atomic E-state index is 0.204. The van der Waals surface area contributed by atoms with Gasteiger partial charge in [-0.25, -0.2) is 0 Å². The molecule has 16 heavy (non-hydrogen) atoms. The molecule has 0 saturated carbocycles. The largest absolute Gasteiger partial charge is 0.309 e. The molecular weight excluding hydrogens is 306 g/mol. The summed E-state index contributed by atoms with van der Waals surface area (Å²) < 4.78 is 1.14. The molecule has 1 N–H and O–H groups in total. The Labute approximate surface area is 113 Å². The second kappa shape index (κ2) is 5.32. The molecule has 2 aromatic rings. The van der Waals surface area contributed by atoms with Gasteiger partial charge < -0.3 is 5.32 Å². The average molecular weight is 317 g/mol. The molecule has 0 spiro atoms. The van der Waals surface area contributed by atoms with Crippen LogP contribution in [0.15, 0.2) is 40.2 Å². The number of thiophene rings is 1. The lowest BCUT2D eigenvalue weighted by Crippen LogP contribution is -2.16. The molecule has 0 aliphatic carbocycles. The Morgan fingerprint density at radius 2 is 2.12 bits per heavy atom. The van der Waals surface area contributed by atoms with Crippen LogP contribution in [-0.2, 0) is 0 Å². The predicted octanol–water partition coefficient (Wildman–Crippen LogP) is 4.47. The van der Waals surface area contributed by atoms with Crippen LogP contribution in [0.25, 0.3) is 0 Å². The van der Waals surface area contributed by atoms with Crippen LogP contribution < -0.4 is 5.32 Å². The van der Waals surface area contributed by atoms with Crippen molar-refractivity contribution >= 4 is 38.9 Å². The molecule has 1 heterocycles. The molecule has 0 saturated heterocycles. The molecule has 0 amide bonds. The second-order valence-electron chi connectivity index (χ2n) is 3.42. The Balaban J connectivity index is 2.36. The van der Waals surface area contributed by atoms with Crippen LogP contribution in [-0.4, -0.2) is 7.05 Å². The highest BCUT2D eigenvalue weighted by Crippen LogP contribution is 2.31. The van der Waals surface area contributed by atoms with E-state index in [-0.39, 0.29) is 6.04 Å². The minimum Gasteiger partial charge on any atom is -0.309 e. The van der Waals surface area contributed by atoms with Crippen molar-refractivity contribution in [3.05, 3.63) is 55.6 Å². The fraction of sp³-hybridized carbons (Fsp3) is 0.167. The molecule has 0 radical (unpaired) electrons. The van der Waals surface area contributed by atoms with Crippen molar-refractivity contribution in [2.24, 2.45) is 0 Å². The maximum Gasteiger partial charge on any atom is 0.0702 e. The smallest absolute Gasteiger partial charge is 0.0702 e. The van der Waals surface area contributed by atoms with Crippen molar-refractivity contribution in [1.82, 2.24) is 5.32 Å². The van der Waals surface area contributed by atoms with Crippen molar-refractivity contribution < 1.29 is 0 Å². The first-order chi connectivity index (χ1) is 7.70. The van der Waals surface area contributed by atoms with Gasteiger partial charge in [0, 0.05) is 9.90 Å². The van der Waals surface area contributed by atoms with Gasteiger partial charge in [-0.3, -0.25) is 0 Å². The molecule has 2 rings (SSSR count). The first-order valence-electron chi connectivity index (χ1n) is 4.88. The van der Waals surface area contributed by atoms with Gasteiger partial charge >= 0.3 is 0 Å². The maximum absolute atomic E-state index is 6.00. The summed E-state index contributed by atoms with van der Waals surface area (Å²) in [6.45, 7) is 0. The van der Waals surface area contributed by atoms with Crippen molar-refractivity contribution in [3.8, 4) is 0 Å². The Kier molecular flexibility index (Phi) is 4.03. The summed E-state index contributed by atoms with van der Waals surface area (Å²) in [5.74, 6) is 0. The Hall–Kier alpha value is -0.350. The second-order valence-corrected chi connectivity index (χ2v) is 6.35. The fourth-order valence-electron chi connectivity index (χ4n) is 1.64. The van der Waals surface area contributed by atoms with E-state index in [0.29, 0.717) is 0 Å². The number of hydrogen-bond donors (Lipinski definition) is 1. The van der Waals surface area contributed by atoms with Crippen LogP contribution in [0.5, 0.6) is 0 Å². The summed E-state index contributed by atoms with van der Waals surface area (Å²) in [6.07, 6.45) is 0. The van der Waals surface area contributed by atoms with E-state index in [1.54, 1.807) is 11.3 Å². The highest BCUT2D eigenvalue weighted by molar-refractivity contribution is 9.11. The van der Waals surface area contributed by atoms with Crippen LogP contribution in [0.1, 0.15) is 16.5 Å². The lowest BCUT2D eigenvalue weighted by molar-refractivity contribution is 0.704. The summed E-state index contributed by atoms with van der Waals surface area (Å²) in [5.41, 5.74) is 1.18. The first kappa shape index (κ1) is 12.1. The van der Waals surface area contributed by atoms with Gasteiger partial charge in [-0.2, -0.15) is 0 Å². The topological polar surface area (TPSA) is 12.0 Å². The van der Waals surface area contributed by atoms with Crippen LogP contribution in [0.2, 0.25) is 5.02 Å². The fourth-order valence-corrected chi connectivity index (χ4v) is 3.40. The van der Waals surface area contributed by atoms with E-state index in [2.05, 4.69) is 39.4 Å². The molecule has 0 aliphatic heterocycles. The molecular formula is C12H11BrClNS. The van der Waals surface area contributed by atoms with E-state index in [1.807, 2.05) is 25.2 Å². The van der Waals surface area contributed by atoms with Gasteiger partial charge in [0.1, 0.15) is 0 Å². The zero-order valence-electron chi connectivity index (χ0n) is 8.71. The van der Waals surface area contributed by atoms with Crippen LogP contribution in [0.3, 0.4) is 0 Å². The van der Waals surface area contributed by atoms with Crippen LogP contribution in [0, 0.1) is 0 Å². The van der Waals surface area contributed by atoms with Crippen LogP contribution >= 0.6 is 38.9 Å². The highest BCUT2D eigenvalue weighted by atomic mass is 79.9. The Morgan fingerprint density at radius 1 is 1.31 bits per heavy atom. The standard InChI is InChI=1S/C12H11BrClNS/c1-15-12(10-5-6-11(13)16-10)8-3-2-4-9(14)7-8/h2-7,12,15H,1H3. The third kappa shape index (κ3) is 2.66.